The number of nitrogens with zero attached hydrogens (tertiary/aromatic N) is 5. The molecule has 7 nitrogen and oxygen atoms in total. The molecule has 0 atom stereocenters. The summed E-state index contributed by atoms with van der Waals surface area (Å²) < 4.78 is 59.0. The lowest BCUT2D eigenvalue weighted by atomic mass is 10.1. The number of halogens is 4. The Hall–Kier alpha value is -4.37. The van der Waals surface area contributed by atoms with Gasteiger partial charge in [0.1, 0.15) is 11.3 Å². The van der Waals surface area contributed by atoms with E-state index >= 15 is 4.39 Å². The molecular weight excluding hydrogens is 508 g/mol. The summed E-state index contributed by atoms with van der Waals surface area (Å²) in [6.07, 6.45) is -2.90. The third kappa shape index (κ3) is 3.88. The van der Waals surface area contributed by atoms with Gasteiger partial charge in [0.25, 0.3) is 5.56 Å². The second-order valence-corrected chi connectivity index (χ2v) is 8.65. The maximum atomic E-state index is 15.2. The van der Waals surface area contributed by atoms with E-state index in [1.807, 2.05) is 0 Å². The first-order valence-corrected chi connectivity index (χ1v) is 11.4. The van der Waals surface area contributed by atoms with E-state index in [0.717, 1.165) is 12.1 Å². The summed E-state index contributed by atoms with van der Waals surface area (Å²) >= 11 is 5.67. The van der Waals surface area contributed by atoms with E-state index in [4.69, 9.17) is 17.5 Å². The molecule has 1 N–H and O–H groups in total. The molecule has 0 unspecified atom stereocenters. The number of aromatic amines is 1. The van der Waals surface area contributed by atoms with Crippen LogP contribution in [-0.2, 0) is 12.6 Å². The highest BCUT2D eigenvalue weighted by molar-refractivity contribution is 7.71. The Morgan fingerprint density at radius 2 is 1.89 bits per heavy atom. The van der Waals surface area contributed by atoms with Crippen LogP contribution in [0.15, 0.2) is 47.4 Å². The molecule has 186 valence electrons. The summed E-state index contributed by atoms with van der Waals surface area (Å²) in [6.45, 7) is 3.52. The van der Waals surface area contributed by atoms with Crippen molar-refractivity contribution in [3.63, 3.8) is 0 Å². The Bertz CT molecular complexity index is 1900. The normalized spacial score (nSPS) is 11.8. The lowest BCUT2D eigenvalue weighted by Gasteiger charge is -2.12. The van der Waals surface area contributed by atoms with Crippen molar-refractivity contribution in [3.05, 3.63) is 86.1 Å². The van der Waals surface area contributed by atoms with E-state index < -0.39 is 28.7 Å². The number of fused-ring (bicyclic) bond motifs is 2. The van der Waals surface area contributed by atoms with Crippen LogP contribution in [0.1, 0.15) is 29.4 Å². The predicted molar refractivity (Wildman–Crippen MR) is 131 cm³/mol. The number of benzene rings is 2. The first kappa shape index (κ1) is 24.3. The van der Waals surface area contributed by atoms with Crippen LogP contribution in [0.25, 0.3) is 33.4 Å². The maximum Gasteiger partial charge on any atom is 0.417 e. The van der Waals surface area contributed by atoms with Gasteiger partial charge in [0.15, 0.2) is 16.2 Å². The number of nitriles is 1. The molecule has 3 heterocycles. The van der Waals surface area contributed by atoms with Gasteiger partial charge in [-0.25, -0.2) is 14.4 Å². The molecule has 3 aromatic heterocycles. The number of hydrogen-bond acceptors (Lipinski definition) is 5. The Morgan fingerprint density at radius 1 is 1.14 bits per heavy atom. The lowest BCUT2D eigenvalue weighted by Crippen LogP contribution is -2.13. The quantitative estimate of drug-likeness (QED) is 0.242. The molecule has 0 aliphatic heterocycles. The van der Waals surface area contributed by atoms with Gasteiger partial charge >= 0.3 is 6.18 Å². The van der Waals surface area contributed by atoms with Gasteiger partial charge in [-0.3, -0.25) is 13.9 Å². The zero-order valence-corrected chi connectivity index (χ0v) is 20.1. The zero-order chi connectivity index (χ0) is 26.6. The Labute approximate surface area is 211 Å². The number of pyridine rings is 1. The van der Waals surface area contributed by atoms with Crippen LogP contribution in [0.4, 0.5) is 17.6 Å². The van der Waals surface area contributed by atoms with Gasteiger partial charge in [0, 0.05) is 18.7 Å². The number of aryl methyl sites for hydroxylation is 2. The fraction of sp³-hybridized carbons (Fsp3) is 0.160. The Balaban J connectivity index is 1.86. The molecular formula is C25H16F4N6OS. The number of nitrogens with one attached hydrogen (secondary N) is 1. The largest absolute Gasteiger partial charge is 0.417 e. The molecule has 0 saturated carbocycles. The lowest BCUT2D eigenvalue weighted by molar-refractivity contribution is -0.137. The van der Waals surface area contributed by atoms with Crippen molar-refractivity contribution in [2.24, 2.45) is 0 Å². The molecule has 5 rings (SSSR count). The van der Waals surface area contributed by atoms with E-state index in [0.29, 0.717) is 23.3 Å². The minimum Gasteiger partial charge on any atom is -0.310 e. The summed E-state index contributed by atoms with van der Waals surface area (Å²) in [5.74, 6) is -0.422. The smallest absolute Gasteiger partial charge is 0.310 e. The molecule has 0 aliphatic rings. The van der Waals surface area contributed by atoms with Crippen LogP contribution in [-0.4, -0.2) is 24.1 Å². The van der Waals surface area contributed by atoms with Gasteiger partial charge in [0.2, 0.25) is 0 Å². The SMILES string of the molecule is CCc1nc2c(F)cc(-n3c(=S)n(-c4ccc(C#N)c(C(F)(F)F)c4)c4nccc(C)c43)cc2c(=O)[nH]1. The first-order valence-electron chi connectivity index (χ1n) is 11.0. The minimum atomic E-state index is -4.78. The summed E-state index contributed by atoms with van der Waals surface area (Å²) in [7, 11) is 0. The average molecular weight is 525 g/mol. The molecule has 0 radical (unpaired) electrons. The second-order valence-electron chi connectivity index (χ2n) is 8.28. The standard InChI is InChI=1S/C25H16F4N6OS/c1-3-19-32-20-16(23(36)33-19)8-15(10-18(20)26)34-21-12(2)6-7-31-22(21)35(24(34)37)14-5-4-13(11-30)17(9-14)25(27,28)29/h4-10H,3H2,1-2H3,(H,32,33,36). The molecule has 0 fully saturated rings. The maximum absolute atomic E-state index is 15.2. The molecule has 0 saturated heterocycles. The molecule has 12 heteroatoms. The van der Waals surface area contributed by atoms with Crippen LogP contribution in [0.3, 0.4) is 0 Å². The van der Waals surface area contributed by atoms with Crippen LogP contribution >= 0.6 is 12.2 Å². The number of hydrogen-bond donors (Lipinski definition) is 1. The van der Waals surface area contributed by atoms with Crippen molar-refractivity contribution < 1.29 is 17.6 Å². The number of rotatable bonds is 3. The van der Waals surface area contributed by atoms with Gasteiger partial charge < -0.3 is 4.98 Å². The van der Waals surface area contributed by atoms with Crippen LogP contribution in [0, 0.1) is 28.8 Å². The van der Waals surface area contributed by atoms with Gasteiger partial charge in [-0.15, -0.1) is 0 Å². The van der Waals surface area contributed by atoms with Gasteiger partial charge in [0.05, 0.1) is 39.5 Å². The summed E-state index contributed by atoms with van der Waals surface area (Å²) in [5, 5.41) is 9.16. The number of H-pyrrole nitrogens is 1. The van der Waals surface area contributed by atoms with E-state index in [9.17, 15) is 18.0 Å². The highest BCUT2D eigenvalue weighted by Gasteiger charge is 2.34. The molecule has 0 amide bonds. The summed E-state index contributed by atoms with van der Waals surface area (Å²) in [4.78, 5) is 23.8. The monoisotopic (exact) mass is 524 g/mol. The van der Waals surface area contributed by atoms with Crippen LogP contribution in [0.2, 0.25) is 0 Å². The molecule has 37 heavy (non-hydrogen) atoms. The van der Waals surface area contributed by atoms with E-state index in [-0.39, 0.29) is 32.7 Å². The van der Waals surface area contributed by atoms with Gasteiger partial charge in [-0.1, -0.05) is 6.92 Å². The number of imidazole rings is 1. The van der Waals surface area contributed by atoms with Crippen molar-refractivity contribution in [2.45, 2.75) is 26.4 Å². The number of aromatic nitrogens is 5. The van der Waals surface area contributed by atoms with Crippen molar-refractivity contribution in [1.29, 1.82) is 5.26 Å². The zero-order valence-electron chi connectivity index (χ0n) is 19.3. The van der Waals surface area contributed by atoms with Crippen molar-refractivity contribution in [3.8, 4) is 17.4 Å². The third-order valence-electron chi connectivity index (χ3n) is 6.00. The van der Waals surface area contributed by atoms with Crippen LogP contribution < -0.4 is 5.56 Å². The van der Waals surface area contributed by atoms with E-state index in [1.54, 1.807) is 26.0 Å². The molecule has 0 aliphatic carbocycles. The Morgan fingerprint density at radius 3 is 2.57 bits per heavy atom. The molecule has 5 aromatic rings. The molecule has 2 aromatic carbocycles. The van der Waals surface area contributed by atoms with E-state index in [1.165, 1.54) is 33.5 Å². The predicted octanol–water partition coefficient (Wildman–Crippen LogP) is 5.68. The van der Waals surface area contributed by atoms with Gasteiger partial charge in [-0.05, 0) is 55.0 Å². The van der Waals surface area contributed by atoms with Crippen molar-refractivity contribution in [2.75, 3.05) is 0 Å². The average Bonchev–Trinajstić information content (AvgIpc) is 3.16. The summed E-state index contributed by atoms with van der Waals surface area (Å²) in [6, 6.07) is 9.04. The second kappa shape index (κ2) is 8.63. The molecule has 0 bridgehead atoms. The minimum absolute atomic E-state index is 0.00530. The van der Waals surface area contributed by atoms with E-state index in [2.05, 4.69) is 15.0 Å². The highest BCUT2D eigenvalue weighted by atomic mass is 32.1. The van der Waals surface area contributed by atoms with Crippen molar-refractivity contribution >= 4 is 34.3 Å². The highest BCUT2D eigenvalue weighted by Crippen LogP contribution is 2.35. The molecule has 0 spiro atoms. The fourth-order valence-corrected chi connectivity index (χ4v) is 4.66. The van der Waals surface area contributed by atoms with Crippen LogP contribution in [0.5, 0.6) is 0 Å². The summed E-state index contributed by atoms with van der Waals surface area (Å²) in [5.41, 5.74) is -0.799. The third-order valence-corrected chi connectivity index (χ3v) is 6.37. The van der Waals surface area contributed by atoms with Crippen molar-refractivity contribution in [1.82, 2.24) is 24.1 Å². The topological polar surface area (TPSA) is 92.3 Å². The number of alkyl halides is 3. The Kier molecular flexibility index (Phi) is 5.68. The first-order chi connectivity index (χ1) is 17.5. The van der Waals surface area contributed by atoms with Gasteiger partial charge in [-0.2, -0.15) is 18.4 Å². The fourth-order valence-electron chi connectivity index (χ4n) is 4.27.